The summed E-state index contributed by atoms with van der Waals surface area (Å²) in [5.74, 6) is 2.47. The van der Waals surface area contributed by atoms with Crippen LogP contribution >= 0.6 is 0 Å². The maximum atomic E-state index is 13.2. The molecule has 0 aliphatic carbocycles. The average molecular weight is 442 g/mol. The van der Waals surface area contributed by atoms with Crippen LogP contribution < -0.4 is 14.2 Å². The summed E-state index contributed by atoms with van der Waals surface area (Å²) < 4.78 is 17.7. The fourth-order valence-corrected chi connectivity index (χ4v) is 4.31. The summed E-state index contributed by atoms with van der Waals surface area (Å²) in [5.41, 5.74) is 5.79. The highest BCUT2D eigenvalue weighted by atomic mass is 16.5. The van der Waals surface area contributed by atoms with Crippen LogP contribution in [0.25, 0.3) is 6.08 Å². The molecule has 2 aliphatic rings. The van der Waals surface area contributed by atoms with Gasteiger partial charge in [-0.25, -0.2) is 0 Å². The van der Waals surface area contributed by atoms with Gasteiger partial charge in [-0.05, 0) is 61.7 Å². The third kappa shape index (κ3) is 4.24. The smallest absolute Gasteiger partial charge is 0.232 e. The number of rotatable bonds is 5. The SMILES string of the molecule is CCOc1ccc(/C=C2\Oc3c4c(cc(C)c3C2=O)OCN(Cc2ccc(C)cc2)C4)cc1. The molecule has 0 unspecified atom stereocenters. The highest BCUT2D eigenvalue weighted by Gasteiger charge is 2.35. The Bertz CT molecular complexity index is 1230. The predicted octanol–water partition coefficient (Wildman–Crippen LogP) is 5.67. The summed E-state index contributed by atoms with van der Waals surface area (Å²) in [6, 6.07) is 18.1. The fourth-order valence-electron chi connectivity index (χ4n) is 4.31. The summed E-state index contributed by atoms with van der Waals surface area (Å²) in [6.45, 7) is 8.52. The summed E-state index contributed by atoms with van der Waals surface area (Å²) in [6.07, 6.45) is 1.79. The molecule has 0 radical (unpaired) electrons. The van der Waals surface area contributed by atoms with Crippen molar-refractivity contribution in [1.29, 1.82) is 0 Å². The molecule has 0 saturated heterocycles. The number of carbonyl (C=O) groups excluding carboxylic acids is 1. The van der Waals surface area contributed by atoms with Crippen molar-refractivity contribution in [2.45, 2.75) is 33.9 Å². The number of hydrogen-bond donors (Lipinski definition) is 0. The number of hydrogen-bond acceptors (Lipinski definition) is 5. The largest absolute Gasteiger partial charge is 0.494 e. The predicted molar refractivity (Wildman–Crippen MR) is 128 cm³/mol. The second-order valence-corrected chi connectivity index (χ2v) is 8.56. The molecule has 0 atom stereocenters. The molecule has 0 spiro atoms. The average Bonchev–Trinajstić information content (AvgIpc) is 3.14. The molecule has 0 amide bonds. The fraction of sp³-hybridized carbons (Fsp3) is 0.250. The lowest BCUT2D eigenvalue weighted by atomic mass is 9.98. The van der Waals surface area contributed by atoms with Gasteiger partial charge in [0.05, 0.1) is 17.7 Å². The van der Waals surface area contributed by atoms with Gasteiger partial charge in [0.1, 0.15) is 24.0 Å². The van der Waals surface area contributed by atoms with Crippen LogP contribution in [0.5, 0.6) is 17.2 Å². The van der Waals surface area contributed by atoms with Gasteiger partial charge in [-0.15, -0.1) is 0 Å². The van der Waals surface area contributed by atoms with E-state index in [-0.39, 0.29) is 5.78 Å². The third-order valence-corrected chi connectivity index (χ3v) is 6.00. The van der Waals surface area contributed by atoms with Gasteiger partial charge in [-0.3, -0.25) is 9.69 Å². The number of ketones is 1. The van der Waals surface area contributed by atoms with E-state index in [0.717, 1.165) is 34.7 Å². The van der Waals surface area contributed by atoms with Crippen LogP contribution in [-0.4, -0.2) is 24.0 Å². The van der Waals surface area contributed by atoms with Crippen molar-refractivity contribution in [3.63, 3.8) is 0 Å². The minimum atomic E-state index is -0.0881. The van der Waals surface area contributed by atoms with Gasteiger partial charge < -0.3 is 14.2 Å². The molecule has 0 fully saturated rings. The minimum absolute atomic E-state index is 0.0881. The summed E-state index contributed by atoms with van der Waals surface area (Å²) >= 11 is 0. The summed E-state index contributed by atoms with van der Waals surface area (Å²) in [7, 11) is 0. The molecule has 3 aromatic carbocycles. The molecule has 33 heavy (non-hydrogen) atoms. The zero-order valence-electron chi connectivity index (χ0n) is 19.2. The van der Waals surface area contributed by atoms with Gasteiger partial charge in [-0.1, -0.05) is 42.0 Å². The molecule has 0 saturated carbocycles. The number of ether oxygens (including phenoxy) is 3. The number of benzene rings is 3. The first-order valence-corrected chi connectivity index (χ1v) is 11.3. The lowest BCUT2D eigenvalue weighted by Crippen LogP contribution is -2.31. The maximum Gasteiger partial charge on any atom is 0.232 e. The van der Waals surface area contributed by atoms with Crippen molar-refractivity contribution in [1.82, 2.24) is 4.90 Å². The number of nitrogens with zero attached hydrogens (tertiary/aromatic N) is 1. The lowest BCUT2D eigenvalue weighted by molar-refractivity contribution is 0.0872. The van der Waals surface area contributed by atoms with Crippen molar-refractivity contribution in [3.8, 4) is 17.2 Å². The molecule has 0 N–H and O–H groups in total. The van der Waals surface area contributed by atoms with Gasteiger partial charge in [-0.2, -0.15) is 0 Å². The van der Waals surface area contributed by atoms with E-state index >= 15 is 0 Å². The Balaban J connectivity index is 1.41. The second-order valence-electron chi connectivity index (χ2n) is 8.56. The van der Waals surface area contributed by atoms with Crippen molar-refractivity contribution >= 4 is 11.9 Å². The molecule has 5 nitrogen and oxygen atoms in total. The van der Waals surface area contributed by atoms with Gasteiger partial charge in [0.2, 0.25) is 5.78 Å². The van der Waals surface area contributed by atoms with Crippen LogP contribution in [0, 0.1) is 13.8 Å². The standard InChI is InChI=1S/C28H27NO4/c1-4-31-22-11-9-20(10-12-22)14-25-27(30)26-19(3)13-24-23(28(26)33-25)16-29(17-32-24)15-21-7-5-18(2)6-8-21/h5-14H,4,15-17H2,1-3H3/b25-14-. The van der Waals surface area contributed by atoms with Crippen molar-refractivity contribution in [2.75, 3.05) is 13.3 Å². The van der Waals surface area contributed by atoms with E-state index in [4.69, 9.17) is 14.2 Å². The van der Waals surface area contributed by atoms with Crippen LogP contribution in [0.15, 0.2) is 60.4 Å². The van der Waals surface area contributed by atoms with Crippen molar-refractivity contribution in [3.05, 3.63) is 93.7 Å². The quantitative estimate of drug-likeness (QED) is 0.478. The molecule has 2 aliphatic heterocycles. The first kappa shape index (κ1) is 21.3. The molecule has 5 rings (SSSR count). The molecule has 5 heteroatoms. The first-order chi connectivity index (χ1) is 16.0. The molecule has 168 valence electrons. The number of aryl methyl sites for hydroxylation is 2. The van der Waals surface area contributed by atoms with Crippen LogP contribution in [0.2, 0.25) is 0 Å². The molecule has 0 aromatic heterocycles. The van der Waals surface area contributed by atoms with Gasteiger partial charge >= 0.3 is 0 Å². The highest BCUT2D eigenvalue weighted by Crippen LogP contribution is 2.44. The zero-order chi connectivity index (χ0) is 22.9. The Hall–Kier alpha value is -3.57. The number of allylic oxidation sites excluding steroid dienone is 1. The zero-order valence-corrected chi connectivity index (χ0v) is 19.2. The number of fused-ring (bicyclic) bond motifs is 3. The molecule has 0 bridgehead atoms. The van der Waals surface area contributed by atoms with Gasteiger partial charge in [0.25, 0.3) is 0 Å². The Morgan fingerprint density at radius 3 is 2.55 bits per heavy atom. The normalized spacial score (nSPS) is 16.2. The molecule has 3 aromatic rings. The van der Waals surface area contributed by atoms with E-state index in [1.54, 1.807) is 6.08 Å². The van der Waals surface area contributed by atoms with E-state index < -0.39 is 0 Å². The van der Waals surface area contributed by atoms with E-state index in [2.05, 4.69) is 36.1 Å². The van der Waals surface area contributed by atoms with Crippen LogP contribution in [0.3, 0.4) is 0 Å². The van der Waals surface area contributed by atoms with E-state index in [9.17, 15) is 4.79 Å². The topological polar surface area (TPSA) is 48.0 Å². The minimum Gasteiger partial charge on any atom is -0.494 e. The first-order valence-electron chi connectivity index (χ1n) is 11.3. The van der Waals surface area contributed by atoms with Gasteiger partial charge in [0, 0.05) is 13.1 Å². The molecular weight excluding hydrogens is 414 g/mol. The van der Waals surface area contributed by atoms with Gasteiger partial charge in [0.15, 0.2) is 5.76 Å². The molecular formula is C28H27NO4. The van der Waals surface area contributed by atoms with Crippen molar-refractivity contribution in [2.24, 2.45) is 0 Å². The summed E-state index contributed by atoms with van der Waals surface area (Å²) in [5, 5.41) is 0. The molecule has 2 heterocycles. The van der Waals surface area contributed by atoms with E-state index in [1.165, 1.54) is 11.1 Å². The maximum absolute atomic E-state index is 13.2. The second kappa shape index (κ2) is 8.75. The van der Waals surface area contributed by atoms with E-state index in [1.807, 2.05) is 44.2 Å². The Morgan fingerprint density at radius 1 is 1.06 bits per heavy atom. The lowest BCUT2D eigenvalue weighted by Gasteiger charge is -2.30. The monoisotopic (exact) mass is 441 g/mol. The summed E-state index contributed by atoms with van der Waals surface area (Å²) in [4.78, 5) is 15.4. The highest BCUT2D eigenvalue weighted by molar-refractivity contribution is 6.15. The van der Waals surface area contributed by atoms with Crippen LogP contribution in [-0.2, 0) is 13.1 Å². The Morgan fingerprint density at radius 2 is 1.82 bits per heavy atom. The van der Waals surface area contributed by atoms with Crippen LogP contribution in [0.1, 0.15) is 45.1 Å². The third-order valence-electron chi connectivity index (χ3n) is 6.00. The Labute approximate surface area is 194 Å². The van der Waals surface area contributed by atoms with Crippen molar-refractivity contribution < 1.29 is 19.0 Å². The number of carbonyl (C=O) groups is 1. The van der Waals surface area contributed by atoms with E-state index in [0.29, 0.717) is 37.0 Å². The number of Topliss-reactive ketones (excluding diaryl/α,β-unsaturated/α-hetero) is 1. The Kier molecular flexibility index (Phi) is 5.65. The van der Waals surface area contributed by atoms with Crippen LogP contribution in [0.4, 0.5) is 0 Å².